The molecule has 0 aromatic carbocycles. The zero-order valence-corrected chi connectivity index (χ0v) is 15.9. The van der Waals surface area contributed by atoms with Crippen molar-refractivity contribution in [3.63, 3.8) is 0 Å². The fourth-order valence-electron chi connectivity index (χ4n) is 3.17. The Kier molecular flexibility index (Phi) is 5.88. The number of carbonyl (C=O) groups excluding carboxylic acids is 1. The van der Waals surface area contributed by atoms with Crippen molar-refractivity contribution in [2.75, 3.05) is 26.2 Å². The largest absolute Gasteiger partial charge is 0.337 e. The Bertz CT molecular complexity index is 718. The van der Waals surface area contributed by atoms with Crippen molar-refractivity contribution in [1.29, 1.82) is 0 Å². The first-order valence-electron chi connectivity index (χ1n) is 9.23. The fraction of sp³-hybridized carbons (Fsp3) is 0.526. The summed E-state index contributed by atoms with van der Waals surface area (Å²) in [5.41, 5.74) is 2.04. The van der Waals surface area contributed by atoms with Crippen LogP contribution in [0.25, 0.3) is 0 Å². The van der Waals surface area contributed by atoms with Gasteiger partial charge < -0.3 is 14.8 Å². The van der Waals surface area contributed by atoms with Crippen molar-refractivity contribution >= 4 is 6.03 Å². The normalized spacial score (nSPS) is 16.5. The molecule has 2 aromatic rings. The molecule has 7 nitrogen and oxygen atoms in total. The van der Waals surface area contributed by atoms with Gasteiger partial charge in [0.25, 0.3) is 0 Å². The van der Waals surface area contributed by atoms with E-state index in [1.165, 1.54) is 0 Å². The molecule has 1 unspecified atom stereocenters. The molecule has 7 heteroatoms. The van der Waals surface area contributed by atoms with Gasteiger partial charge in [0.2, 0.25) is 0 Å². The Hall–Kier alpha value is -2.41. The summed E-state index contributed by atoms with van der Waals surface area (Å²) in [5.74, 6) is 1.05. The standard InChI is InChI=1S/C19H28N6O/c1-4-16(17-6-5-15(2)13-21-17)22-19(26)25-11-9-24(10-12-25)14-18-20-7-8-23(18)3/h5-8,13,16H,4,9-12,14H2,1-3H3,(H,22,26). The number of hydrogen-bond acceptors (Lipinski definition) is 4. The highest BCUT2D eigenvalue weighted by Crippen LogP contribution is 2.15. The molecule has 140 valence electrons. The van der Waals surface area contributed by atoms with E-state index in [1.807, 2.05) is 54.2 Å². The van der Waals surface area contributed by atoms with Gasteiger partial charge in [0.05, 0.1) is 18.3 Å². The number of amides is 2. The summed E-state index contributed by atoms with van der Waals surface area (Å²) in [6, 6.07) is 3.98. The quantitative estimate of drug-likeness (QED) is 0.891. The third kappa shape index (κ3) is 4.40. The number of aryl methyl sites for hydroxylation is 2. The molecule has 3 rings (SSSR count). The summed E-state index contributed by atoms with van der Waals surface area (Å²) in [4.78, 5) is 25.7. The van der Waals surface area contributed by atoms with Crippen LogP contribution in [-0.4, -0.2) is 56.5 Å². The van der Waals surface area contributed by atoms with Gasteiger partial charge in [-0.2, -0.15) is 0 Å². The average molecular weight is 356 g/mol. The monoisotopic (exact) mass is 356 g/mol. The van der Waals surface area contributed by atoms with Crippen LogP contribution in [-0.2, 0) is 13.6 Å². The van der Waals surface area contributed by atoms with E-state index in [4.69, 9.17) is 0 Å². The lowest BCUT2D eigenvalue weighted by atomic mass is 10.1. The predicted octanol–water partition coefficient (Wildman–Crippen LogP) is 2.10. The molecule has 2 amide bonds. The Morgan fingerprint density at radius 2 is 2.00 bits per heavy atom. The Morgan fingerprint density at radius 1 is 1.23 bits per heavy atom. The van der Waals surface area contributed by atoms with Gasteiger partial charge in [-0.3, -0.25) is 9.88 Å². The molecule has 3 heterocycles. The van der Waals surface area contributed by atoms with Crippen LogP contribution in [0.2, 0.25) is 0 Å². The number of pyridine rings is 1. The van der Waals surface area contributed by atoms with E-state index < -0.39 is 0 Å². The summed E-state index contributed by atoms with van der Waals surface area (Å²) < 4.78 is 2.04. The van der Waals surface area contributed by atoms with E-state index in [0.717, 1.165) is 56.2 Å². The van der Waals surface area contributed by atoms with Crippen LogP contribution in [0.1, 0.15) is 36.5 Å². The Morgan fingerprint density at radius 3 is 2.58 bits per heavy atom. The maximum atomic E-state index is 12.6. The molecule has 0 aliphatic carbocycles. The average Bonchev–Trinajstić information content (AvgIpc) is 3.05. The van der Waals surface area contributed by atoms with Crippen LogP contribution in [0.3, 0.4) is 0 Å². The van der Waals surface area contributed by atoms with Crippen molar-refractivity contribution in [2.45, 2.75) is 32.9 Å². The van der Waals surface area contributed by atoms with Gasteiger partial charge in [-0.15, -0.1) is 0 Å². The highest BCUT2D eigenvalue weighted by molar-refractivity contribution is 5.74. The minimum Gasteiger partial charge on any atom is -0.337 e. The van der Waals surface area contributed by atoms with Crippen LogP contribution < -0.4 is 5.32 Å². The number of nitrogens with zero attached hydrogens (tertiary/aromatic N) is 5. The number of rotatable bonds is 5. The van der Waals surface area contributed by atoms with E-state index in [0.29, 0.717) is 0 Å². The van der Waals surface area contributed by atoms with Crippen molar-refractivity contribution in [3.05, 3.63) is 47.8 Å². The first kappa shape index (κ1) is 18.4. The molecule has 1 atom stereocenters. The molecule has 1 aliphatic rings. The minimum absolute atomic E-state index is 0.00383. The summed E-state index contributed by atoms with van der Waals surface area (Å²) >= 11 is 0. The van der Waals surface area contributed by atoms with E-state index >= 15 is 0 Å². The van der Waals surface area contributed by atoms with Gasteiger partial charge in [-0.25, -0.2) is 9.78 Å². The molecule has 2 aromatic heterocycles. The fourth-order valence-corrected chi connectivity index (χ4v) is 3.17. The molecule has 1 fully saturated rings. The van der Waals surface area contributed by atoms with Crippen molar-refractivity contribution in [2.24, 2.45) is 7.05 Å². The van der Waals surface area contributed by atoms with E-state index in [2.05, 4.69) is 27.1 Å². The van der Waals surface area contributed by atoms with Crippen LogP contribution in [0, 0.1) is 6.92 Å². The molecule has 1 aliphatic heterocycles. The molecule has 0 saturated carbocycles. The molecule has 0 radical (unpaired) electrons. The molecular formula is C19H28N6O. The first-order valence-corrected chi connectivity index (χ1v) is 9.23. The number of piperazine rings is 1. The topological polar surface area (TPSA) is 66.3 Å². The summed E-state index contributed by atoms with van der Waals surface area (Å²) in [6.07, 6.45) is 6.45. The minimum atomic E-state index is -0.0475. The number of hydrogen-bond donors (Lipinski definition) is 1. The second-order valence-electron chi connectivity index (χ2n) is 6.89. The third-order valence-electron chi connectivity index (χ3n) is 4.94. The van der Waals surface area contributed by atoms with Crippen LogP contribution in [0.4, 0.5) is 4.79 Å². The van der Waals surface area contributed by atoms with Gasteiger partial charge in [0, 0.05) is 51.8 Å². The number of imidazole rings is 1. The van der Waals surface area contributed by atoms with Gasteiger partial charge in [-0.1, -0.05) is 13.0 Å². The number of nitrogens with one attached hydrogen (secondary N) is 1. The number of carbonyl (C=O) groups is 1. The lowest BCUT2D eigenvalue weighted by molar-refractivity contribution is 0.130. The first-order chi connectivity index (χ1) is 12.6. The highest BCUT2D eigenvalue weighted by atomic mass is 16.2. The molecule has 26 heavy (non-hydrogen) atoms. The van der Waals surface area contributed by atoms with Crippen LogP contribution in [0.5, 0.6) is 0 Å². The van der Waals surface area contributed by atoms with Gasteiger partial charge in [0.1, 0.15) is 5.82 Å². The Labute approximate surface area is 155 Å². The maximum Gasteiger partial charge on any atom is 0.318 e. The van der Waals surface area contributed by atoms with Gasteiger partial charge in [-0.05, 0) is 25.0 Å². The van der Waals surface area contributed by atoms with Crippen molar-refractivity contribution in [3.8, 4) is 0 Å². The summed E-state index contributed by atoms with van der Waals surface area (Å²) in [5, 5.41) is 3.13. The van der Waals surface area contributed by atoms with Gasteiger partial charge in [0.15, 0.2) is 0 Å². The maximum absolute atomic E-state index is 12.6. The van der Waals surface area contributed by atoms with Crippen molar-refractivity contribution in [1.82, 2.24) is 29.7 Å². The Balaban J connectivity index is 1.51. The SMILES string of the molecule is CCC(NC(=O)N1CCN(Cc2nccn2C)CC1)c1ccc(C)cn1. The summed E-state index contributed by atoms with van der Waals surface area (Å²) in [6.45, 7) is 8.09. The lowest BCUT2D eigenvalue weighted by Crippen LogP contribution is -2.52. The molecule has 0 bridgehead atoms. The lowest BCUT2D eigenvalue weighted by Gasteiger charge is -2.35. The predicted molar refractivity (Wildman–Crippen MR) is 101 cm³/mol. The van der Waals surface area contributed by atoms with Crippen LogP contribution >= 0.6 is 0 Å². The zero-order chi connectivity index (χ0) is 18.5. The highest BCUT2D eigenvalue weighted by Gasteiger charge is 2.24. The van der Waals surface area contributed by atoms with Crippen LogP contribution in [0.15, 0.2) is 30.7 Å². The van der Waals surface area contributed by atoms with Crippen molar-refractivity contribution < 1.29 is 4.79 Å². The number of urea groups is 1. The van der Waals surface area contributed by atoms with E-state index in [-0.39, 0.29) is 12.1 Å². The number of aromatic nitrogens is 3. The second kappa shape index (κ2) is 8.31. The second-order valence-corrected chi connectivity index (χ2v) is 6.89. The third-order valence-corrected chi connectivity index (χ3v) is 4.94. The smallest absolute Gasteiger partial charge is 0.318 e. The molecule has 0 spiro atoms. The molecule has 1 N–H and O–H groups in total. The van der Waals surface area contributed by atoms with E-state index in [9.17, 15) is 4.79 Å². The van der Waals surface area contributed by atoms with Gasteiger partial charge >= 0.3 is 6.03 Å². The zero-order valence-electron chi connectivity index (χ0n) is 15.9. The molecule has 1 saturated heterocycles. The summed E-state index contributed by atoms with van der Waals surface area (Å²) in [7, 11) is 2.01. The molecular weight excluding hydrogens is 328 g/mol. The van der Waals surface area contributed by atoms with E-state index in [1.54, 1.807) is 0 Å².